The topological polar surface area (TPSA) is 221 Å². The number of carboxylic acids is 1. The van der Waals surface area contributed by atoms with E-state index in [0.29, 0.717) is 33.0 Å². The number of aliphatic imine (C=N–C) groups is 1. The number of aliphatic hydroxyl groups excluding tert-OH is 2. The lowest BCUT2D eigenvalue weighted by Gasteiger charge is -2.38. The van der Waals surface area contributed by atoms with Crippen molar-refractivity contribution in [2.24, 2.45) is 22.4 Å². The number of hydrogen-bond donors (Lipinski definition) is 6. The molecule has 1 heterocycles. The summed E-state index contributed by atoms with van der Waals surface area (Å²) < 4.78 is 27.4. The first kappa shape index (κ1) is 34.5. The second-order valence-corrected chi connectivity index (χ2v) is 8.93. The summed E-state index contributed by atoms with van der Waals surface area (Å²) in [5.74, 6) is -3.14. The molecule has 0 aliphatic carbocycles. The smallest absolute Gasteiger partial charge is 0.370 e. The van der Waals surface area contributed by atoms with E-state index in [1.807, 2.05) is 7.05 Å². The van der Waals surface area contributed by atoms with E-state index in [1.54, 1.807) is 6.92 Å². The zero-order chi connectivity index (χ0) is 29.2. The number of carboxylic acid groups (broad SMARTS) is 1. The van der Waals surface area contributed by atoms with Crippen LogP contribution < -0.4 is 16.8 Å². The van der Waals surface area contributed by atoms with Crippen molar-refractivity contribution >= 4 is 17.8 Å². The third kappa shape index (κ3) is 13.9. The van der Waals surface area contributed by atoms with E-state index < -0.39 is 61.1 Å². The molecule has 0 saturated heterocycles. The van der Waals surface area contributed by atoms with Crippen LogP contribution in [0.25, 0.3) is 0 Å². The van der Waals surface area contributed by atoms with E-state index >= 15 is 0 Å². The van der Waals surface area contributed by atoms with Crippen molar-refractivity contribution in [1.29, 1.82) is 0 Å². The molecule has 0 spiro atoms. The van der Waals surface area contributed by atoms with E-state index in [-0.39, 0.29) is 19.1 Å². The van der Waals surface area contributed by atoms with Gasteiger partial charge >= 0.3 is 5.97 Å². The van der Waals surface area contributed by atoms with Gasteiger partial charge in [0.25, 0.3) is 0 Å². The number of ether oxygens (including phenoxy) is 5. The van der Waals surface area contributed by atoms with E-state index in [2.05, 4.69) is 22.1 Å². The fraction of sp³-hybridized carbons (Fsp3) is 0.792. The molecule has 0 bridgehead atoms. The third-order valence-corrected chi connectivity index (χ3v) is 5.92. The monoisotopic (exact) mass is 563 g/mol. The number of aliphatic carboxylic acids is 1. The molecule has 0 aromatic rings. The van der Waals surface area contributed by atoms with Crippen molar-refractivity contribution in [3.63, 3.8) is 0 Å². The highest BCUT2D eigenvalue weighted by Gasteiger charge is 2.42. The minimum atomic E-state index is -1.47. The number of rotatable bonds is 21. The van der Waals surface area contributed by atoms with E-state index in [0.717, 1.165) is 13.1 Å². The zero-order valence-corrected chi connectivity index (χ0v) is 23.0. The predicted octanol–water partition coefficient (Wildman–Crippen LogP) is -2.51. The van der Waals surface area contributed by atoms with Gasteiger partial charge in [0.05, 0.1) is 52.3 Å². The number of hydrogen-bond acceptors (Lipinski definition) is 11. The molecule has 0 fully saturated rings. The maximum Gasteiger partial charge on any atom is 0.370 e. The molecular weight excluding hydrogens is 518 g/mol. The minimum Gasteiger partial charge on any atom is -0.480 e. The van der Waals surface area contributed by atoms with Crippen LogP contribution in [0.1, 0.15) is 13.8 Å². The fourth-order valence-electron chi connectivity index (χ4n) is 3.54. The van der Waals surface area contributed by atoms with Gasteiger partial charge in [0.15, 0.2) is 5.96 Å². The average molecular weight is 564 g/mol. The number of nitrogens with two attached hydrogens (primary N) is 2. The van der Waals surface area contributed by atoms with Gasteiger partial charge in [-0.25, -0.2) is 9.79 Å². The Morgan fingerprint density at radius 2 is 1.77 bits per heavy atom. The van der Waals surface area contributed by atoms with Crippen molar-refractivity contribution in [3.8, 4) is 0 Å². The molecular formula is C24H45N5O10. The van der Waals surface area contributed by atoms with E-state index in [4.69, 9.17) is 35.2 Å². The molecule has 39 heavy (non-hydrogen) atoms. The lowest BCUT2D eigenvalue weighted by Crippen LogP contribution is -2.51. The van der Waals surface area contributed by atoms with Crippen LogP contribution in [-0.2, 0) is 33.3 Å². The molecule has 0 aromatic heterocycles. The van der Waals surface area contributed by atoms with Gasteiger partial charge in [-0.15, -0.1) is 0 Å². The highest BCUT2D eigenvalue weighted by Crippen LogP contribution is 2.30. The van der Waals surface area contributed by atoms with Crippen molar-refractivity contribution in [2.75, 3.05) is 79.5 Å². The number of carbonyl (C=O) groups excluding carboxylic acids is 1. The predicted molar refractivity (Wildman–Crippen MR) is 141 cm³/mol. The van der Waals surface area contributed by atoms with Gasteiger partial charge in [-0.05, 0) is 19.7 Å². The van der Waals surface area contributed by atoms with Gasteiger partial charge in [-0.1, -0.05) is 13.8 Å². The van der Waals surface area contributed by atoms with Crippen LogP contribution in [0.5, 0.6) is 0 Å². The van der Waals surface area contributed by atoms with Gasteiger partial charge in [-0.2, -0.15) is 0 Å². The van der Waals surface area contributed by atoms with Crippen LogP contribution >= 0.6 is 0 Å². The van der Waals surface area contributed by atoms with Crippen LogP contribution in [-0.4, -0.2) is 142 Å². The number of amides is 1. The Labute approximate surface area is 229 Å². The Hall–Kier alpha value is -2.53. The molecule has 15 nitrogen and oxygen atoms in total. The summed E-state index contributed by atoms with van der Waals surface area (Å²) in [5, 5.41) is 31.8. The van der Waals surface area contributed by atoms with Gasteiger partial charge in [0, 0.05) is 19.0 Å². The standard InChI is InChI=1S/C24H45N5O10/c1-4-29(3)6-8-36-10-12-37-11-9-35-7-5-27-20(32)15-38-22(18(31)14-30)21-16(2)17(28-24(25)26)13-19(39-21)23(33)34/h13,16-18,21-22,30-31H,4-12,14-15H2,1-3H3,(H,27,32)(H,33,34)(H4,25,26,28)/t16-,17+,18-,21-,22-/m1/s1. The molecule has 1 amide bonds. The average Bonchev–Trinajstić information content (AvgIpc) is 2.90. The molecule has 1 aliphatic heterocycles. The van der Waals surface area contributed by atoms with Crippen LogP contribution in [0.15, 0.2) is 16.8 Å². The van der Waals surface area contributed by atoms with Crippen LogP contribution in [0.3, 0.4) is 0 Å². The molecule has 0 saturated carbocycles. The van der Waals surface area contributed by atoms with Gasteiger partial charge in [0.1, 0.15) is 24.9 Å². The summed E-state index contributed by atoms with van der Waals surface area (Å²) in [6, 6.07) is -0.785. The van der Waals surface area contributed by atoms with Crippen LogP contribution in [0.2, 0.25) is 0 Å². The molecule has 0 unspecified atom stereocenters. The molecule has 1 rings (SSSR count). The second kappa shape index (κ2) is 19.5. The fourth-order valence-corrected chi connectivity index (χ4v) is 3.54. The van der Waals surface area contributed by atoms with Gasteiger partial charge < -0.3 is 60.7 Å². The van der Waals surface area contributed by atoms with E-state index in [9.17, 15) is 24.9 Å². The molecule has 8 N–H and O–H groups in total. The summed E-state index contributed by atoms with van der Waals surface area (Å²) >= 11 is 0. The minimum absolute atomic E-state index is 0.207. The van der Waals surface area contributed by atoms with Crippen molar-refractivity contribution in [2.45, 2.75) is 38.2 Å². The summed E-state index contributed by atoms with van der Waals surface area (Å²) in [6.07, 6.45) is -2.55. The first-order chi connectivity index (χ1) is 18.6. The highest BCUT2D eigenvalue weighted by molar-refractivity contribution is 5.85. The number of nitrogens with one attached hydrogen (secondary N) is 1. The number of likely N-dealkylation sites (N-methyl/N-ethyl adjacent to an activating group) is 1. The Morgan fingerprint density at radius 1 is 1.15 bits per heavy atom. The van der Waals surface area contributed by atoms with E-state index in [1.165, 1.54) is 6.08 Å². The maximum absolute atomic E-state index is 12.2. The largest absolute Gasteiger partial charge is 0.480 e. The van der Waals surface area contributed by atoms with Gasteiger partial charge in [0.2, 0.25) is 11.7 Å². The first-order valence-corrected chi connectivity index (χ1v) is 12.9. The van der Waals surface area contributed by atoms with Crippen molar-refractivity contribution < 1.29 is 48.6 Å². The normalized spacial score (nSPS) is 20.6. The number of carbonyl (C=O) groups is 2. The summed E-state index contributed by atoms with van der Waals surface area (Å²) in [4.78, 5) is 29.9. The molecule has 5 atom stereocenters. The number of aliphatic hydroxyl groups is 2. The summed E-state index contributed by atoms with van der Waals surface area (Å²) in [5.41, 5.74) is 10.9. The molecule has 0 radical (unpaired) electrons. The summed E-state index contributed by atoms with van der Waals surface area (Å²) in [6.45, 7) is 7.22. The molecule has 15 heteroatoms. The Bertz CT molecular complexity index is 780. The van der Waals surface area contributed by atoms with Gasteiger partial charge in [-0.3, -0.25) is 4.79 Å². The molecule has 1 aliphatic rings. The highest BCUT2D eigenvalue weighted by atomic mass is 16.6. The zero-order valence-electron chi connectivity index (χ0n) is 23.0. The maximum atomic E-state index is 12.2. The Balaban J connectivity index is 2.38. The lowest BCUT2D eigenvalue weighted by atomic mass is 9.87. The summed E-state index contributed by atoms with van der Waals surface area (Å²) in [7, 11) is 2.03. The molecule has 226 valence electrons. The second-order valence-electron chi connectivity index (χ2n) is 8.93. The van der Waals surface area contributed by atoms with Crippen LogP contribution in [0.4, 0.5) is 0 Å². The lowest BCUT2D eigenvalue weighted by molar-refractivity contribution is -0.160. The van der Waals surface area contributed by atoms with Crippen molar-refractivity contribution in [3.05, 3.63) is 11.8 Å². The molecule has 0 aromatic carbocycles. The SMILES string of the molecule is CCN(C)CCOCCOCCOCCNC(=O)CO[C@@H]([C@@H]1OC(C(=O)O)=C[C@H](N=C(N)N)[C@H]1C)[C@H](O)CO. The van der Waals surface area contributed by atoms with Crippen LogP contribution in [0, 0.1) is 5.92 Å². The third-order valence-electron chi connectivity index (χ3n) is 5.92. The Kier molecular flexibility index (Phi) is 17.3. The Morgan fingerprint density at radius 3 is 2.33 bits per heavy atom. The quantitative estimate of drug-likeness (QED) is 0.0483. The van der Waals surface area contributed by atoms with Crippen molar-refractivity contribution in [1.82, 2.24) is 10.2 Å². The first-order valence-electron chi connectivity index (χ1n) is 12.9. The number of guanidine groups is 1. The number of nitrogens with zero attached hydrogens (tertiary/aromatic N) is 2.